The molecule has 0 aromatic heterocycles. The number of carbonyl (C=O) groups is 1. The predicted molar refractivity (Wildman–Crippen MR) is 108 cm³/mol. The molecule has 2 aromatic rings. The summed E-state index contributed by atoms with van der Waals surface area (Å²) in [5.41, 5.74) is 1.78. The van der Waals surface area contributed by atoms with E-state index >= 15 is 0 Å². The average molecular weight is 384 g/mol. The molecule has 3 rings (SSSR count). The molecular weight excluding hydrogens is 358 g/mol. The highest BCUT2D eigenvalue weighted by Crippen LogP contribution is 2.36. The molecule has 0 spiro atoms. The van der Waals surface area contributed by atoms with Crippen LogP contribution in [0, 0.1) is 17.6 Å². The Hall–Kier alpha value is -2.53. The Kier molecular flexibility index (Phi) is 6.25. The van der Waals surface area contributed by atoms with E-state index in [0.717, 1.165) is 24.1 Å². The quantitative estimate of drug-likeness (QED) is 0.792. The van der Waals surface area contributed by atoms with Gasteiger partial charge in [-0.3, -0.25) is 4.79 Å². The molecule has 3 nitrogen and oxygen atoms in total. The lowest BCUT2D eigenvalue weighted by molar-refractivity contribution is -0.135. The molecule has 1 heterocycles. The number of hydrogen-bond donors (Lipinski definition) is 1. The maximum atomic E-state index is 14.4. The summed E-state index contributed by atoms with van der Waals surface area (Å²) in [7, 11) is 1.78. The third-order valence-electron chi connectivity index (χ3n) is 5.52. The van der Waals surface area contributed by atoms with Gasteiger partial charge in [-0.1, -0.05) is 56.7 Å². The van der Waals surface area contributed by atoms with Crippen molar-refractivity contribution in [3.8, 4) is 0 Å². The summed E-state index contributed by atoms with van der Waals surface area (Å²) >= 11 is 0. The van der Waals surface area contributed by atoms with E-state index in [-0.39, 0.29) is 36.0 Å². The SMILES string of the molecule is CCC(C)C(NC)C(=O)N1CC(c2cc(F)ccc2F)=CC1c1ccccc1. The minimum absolute atomic E-state index is 0.0336. The Morgan fingerprint density at radius 1 is 1.21 bits per heavy atom. The Balaban J connectivity index is 2.00. The number of hydrogen-bond acceptors (Lipinski definition) is 2. The Bertz CT molecular complexity index is 866. The van der Waals surface area contributed by atoms with Crippen LogP contribution in [-0.4, -0.2) is 30.4 Å². The topological polar surface area (TPSA) is 32.3 Å². The van der Waals surface area contributed by atoms with E-state index in [1.807, 2.05) is 50.3 Å². The van der Waals surface area contributed by atoms with Crippen molar-refractivity contribution in [2.45, 2.75) is 32.4 Å². The fourth-order valence-corrected chi connectivity index (χ4v) is 3.74. The first-order valence-electron chi connectivity index (χ1n) is 9.65. The van der Waals surface area contributed by atoms with Crippen LogP contribution in [0.15, 0.2) is 54.6 Å². The van der Waals surface area contributed by atoms with Gasteiger partial charge in [0.25, 0.3) is 0 Å². The average Bonchev–Trinajstić information content (AvgIpc) is 3.16. The zero-order chi connectivity index (χ0) is 20.3. The molecule has 0 bridgehead atoms. The minimum atomic E-state index is -0.494. The van der Waals surface area contributed by atoms with Gasteiger partial charge in [0.1, 0.15) is 11.6 Å². The Morgan fingerprint density at radius 3 is 2.57 bits per heavy atom. The fraction of sp³-hybridized carbons (Fsp3) is 0.348. The summed E-state index contributed by atoms with van der Waals surface area (Å²) in [6.45, 7) is 4.33. The smallest absolute Gasteiger partial charge is 0.241 e. The van der Waals surface area contributed by atoms with Crippen LogP contribution >= 0.6 is 0 Å². The Labute approximate surface area is 165 Å². The van der Waals surface area contributed by atoms with Crippen LogP contribution in [0.2, 0.25) is 0 Å². The second kappa shape index (κ2) is 8.65. The van der Waals surface area contributed by atoms with Crippen LogP contribution in [0.5, 0.6) is 0 Å². The van der Waals surface area contributed by atoms with E-state index in [9.17, 15) is 13.6 Å². The standard InChI is InChI=1S/C23H26F2N2O/c1-4-15(2)22(26-3)23(28)27-14-17(19-13-18(24)10-11-20(19)25)12-21(27)16-8-6-5-7-9-16/h5-13,15,21-22,26H,4,14H2,1-3H3. The number of likely N-dealkylation sites (N-methyl/N-ethyl adjacent to an activating group) is 1. The Morgan fingerprint density at radius 2 is 1.93 bits per heavy atom. The molecule has 148 valence electrons. The van der Waals surface area contributed by atoms with Crippen molar-refractivity contribution in [2.75, 3.05) is 13.6 Å². The van der Waals surface area contributed by atoms with Crippen LogP contribution < -0.4 is 5.32 Å². The summed E-state index contributed by atoms with van der Waals surface area (Å²) in [5.74, 6) is -0.857. The summed E-state index contributed by atoms with van der Waals surface area (Å²) in [4.78, 5) is 15.1. The van der Waals surface area contributed by atoms with Crippen LogP contribution in [0.25, 0.3) is 5.57 Å². The van der Waals surface area contributed by atoms with Crippen molar-refractivity contribution in [3.63, 3.8) is 0 Å². The number of nitrogens with one attached hydrogen (secondary N) is 1. The minimum Gasteiger partial charge on any atom is -0.326 e. The zero-order valence-electron chi connectivity index (χ0n) is 16.5. The van der Waals surface area contributed by atoms with Gasteiger partial charge in [0.2, 0.25) is 5.91 Å². The van der Waals surface area contributed by atoms with Crippen LogP contribution in [-0.2, 0) is 4.79 Å². The highest BCUT2D eigenvalue weighted by Gasteiger charge is 2.36. The largest absolute Gasteiger partial charge is 0.326 e. The van der Waals surface area contributed by atoms with E-state index < -0.39 is 11.6 Å². The van der Waals surface area contributed by atoms with Crippen LogP contribution in [0.1, 0.15) is 37.4 Å². The molecule has 0 fully saturated rings. The van der Waals surface area contributed by atoms with Gasteiger partial charge < -0.3 is 10.2 Å². The van der Waals surface area contributed by atoms with E-state index in [4.69, 9.17) is 0 Å². The third kappa shape index (κ3) is 3.99. The third-order valence-corrected chi connectivity index (χ3v) is 5.52. The van der Waals surface area contributed by atoms with E-state index in [1.165, 1.54) is 6.07 Å². The second-order valence-corrected chi connectivity index (χ2v) is 7.29. The van der Waals surface area contributed by atoms with Gasteiger partial charge in [-0.2, -0.15) is 0 Å². The maximum absolute atomic E-state index is 14.4. The maximum Gasteiger partial charge on any atom is 0.241 e. The molecule has 0 saturated carbocycles. The zero-order valence-corrected chi connectivity index (χ0v) is 16.5. The predicted octanol–water partition coefficient (Wildman–Crippen LogP) is 4.57. The first-order valence-corrected chi connectivity index (χ1v) is 9.65. The molecule has 0 saturated heterocycles. The normalized spacial score (nSPS) is 18.7. The van der Waals surface area contributed by atoms with Gasteiger partial charge in [-0.25, -0.2) is 8.78 Å². The number of halogens is 2. The number of rotatable bonds is 6. The fourth-order valence-electron chi connectivity index (χ4n) is 3.74. The molecule has 2 aromatic carbocycles. The molecule has 0 radical (unpaired) electrons. The van der Waals surface area contributed by atoms with Gasteiger partial charge >= 0.3 is 0 Å². The van der Waals surface area contributed by atoms with Gasteiger partial charge in [-0.15, -0.1) is 0 Å². The van der Waals surface area contributed by atoms with Crippen LogP contribution in [0.3, 0.4) is 0 Å². The monoisotopic (exact) mass is 384 g/mol. The van der Waals surface area contributed by atoms with E-state index in [1.54, 1.807) is 11.9 Å². The molecule has 28 heavy (non-hydrogen) atoms. The molecule has 1 aliphatic heterocycles. The van der Waals surface area contributed by atoms with Crippen molar-refractivity contribution >= 4 is 11.5 Å². The number of nitrogens with zero attached hydrogens (tertiary/aromatic N) is 1. The molecule has 5 heteroatoms. The van der Waals surface area contributed by atoms with Crippen molar-refractivity contribution in [2.24, 2.45) is 5.92 Å². The van der Waals surface area contributed by atoms with E-state index in [0.29, 0.717) is 5.57 Å². The van der Waals surface area contributed by atoms with Gasteiger partial charge in [0.05, 0.1) is 12.1 Å². The highest BCUT2D eigenvalue weighted by molar-refractivity contribution is 5.87. The summed E-state index contributed by atoms with van der Waals surface area (Å²) in [5, 5.41) is 3.13. The molecule has 3 atom stereocenters. The molecular formula is C23H26F2N2O. The highest BCUT2D eigenvalue weighted by atomic mass is 19.1. The first-order chi connectivity index (χ1) is 13.5. The lowest BCUT2D eigenvalue weighted by atomic mass is 9.97. The van der Waals surface area contributed by atoms with Gasteiger partial charge in [-0.05, 0) is 42.3 Å². The van der Waals surface area contributed by atoms with Crippen molar-refractivity contribution in [1.82, 2.24) is 10.2 Å². The van der Waals surface area contributed by atoms with Gasteiger partial charge in [0, 0.05) is 12.1 Å². The number of amides is 1. The summed E-state index contributed by atoms with van der Waals surface area (Å²) in [6.07, 6.45) is 2.73. The van der Waals surface area contributed by atoms with Crippen molar-refractivity contribution < 1.29 is 13.6 Å². The molecule has 1 amide bonds. The number of benzene rings is 2. The van der Waals surface area contributed by atoms with Crippen molar-refractivity contribution in [3.05, 3.63) is 77.4 Å². The molecule has 3 unspecified atom stereocenters. The summed E-state index contributed by atoms with van der Waals surface area (Å²) in [6, 6.07) is 12.4. The molecule has 0 aliphatic carbocycles. The van der Waals surface area contributed by atoms with Crippen LogP contribution in [0.4, 0.5) is 8.78 Å². The molecule has 1 aliphatic rings. The lowest BCUT2D eigenvalue weighted by Crippen LogP contribution is -2.48. The molecule has 1 N–H and O–H groups in total. The van der Waals surface area contributed by atoms with Crippen molar-refractivity contribution in [1.29, 1.82) is 0 Å². The lowest BCUT2D eigenvalue weighted by Gasteiger charge is -2.31. The first kappa shape index (κ1) is 20.2. The summed E-state index contributed by atoms with van der Waals surface area (Å²) < 4.78 is 28.1. The van der Waals surface area contributed by atoms with Gasteiger partial charge in [0.15, 0.2) is 0 Å². The second-order valence-electron chi connectivity index (χ2n) is 7.29. The number of carbonyl (C=O) groups excluding carboxylic acids is 1. The van der Waals surface area contributed by atoms with E-state index in [2.05, 4.69) is 5.32 Å².